The Bertz CT molecular complexity index is 935. The summed E-state index contributed by atoms with van der Waals surface area (Å²) in [6.45, 7) is -0.701. The van der Waals surface area contributed by atoms with E-state index in [9.17, 15) is 32.3 Å². The molecule has 2 aromatic carbocycles. The Morgan fingerprint density at radius 3 is 1.96 bits per heavy atom. The third kappa shape index (κ3) is 3.70. The van der Waals surface area contributed by atoms with Crippen LogP contribution in [0.5, 0.6) is 0 Å². The summed E-state index contributed by atoms with van der Waals surface area (Å²) in [5.74, 6) is -3.56. The number of carbonyl (C=O) groups is 4. The van der Waals surface area contributed by atoms with Gasteiger partial charge in [-0.1, -0.05) is 17.2 Å². The van der Waals surface area contributed by atoms with Crippen LogP contribution in [0.4, 0.5) is 13.2 Å². The number of carbonyl (C=O) groups excluding carboxylic acids is 4. The van der Waals surface area contributed by atoms with Crippen molar-refractivity contribution in [3.8, 4) is 0 Å². The van der Waals surface area contributed by atoms with E-state index in [1.165, 1.54) is 12.1 Å². The normalized spacial score (nSPS) is 13.3. The van der Waals surface area contributed by atoms with E-state index in [2.05, 4.69) is 5.32 Å². The van der Waals surface area contributed by atoms with Gasteiger partial charge in [0, 0.05) is 5.56 Å². The first-order valence-corrected chi connectivity index (χ1v) is 7.82. The first kappa shape index (κ1) is 19.1. The maximum atomic E-state index is 12.5. The van der Waals surface area contributed by atoms with Gasteiger partial charge >= 0.3 is 12.1 Å². The molecule has 1 heterocycles. The van der Waals surface area contributed by atoms with Gasteiger partial charge in [0.15, 0.2) is 0 Å². The highest BCUT2D eigenvalue weighted by Gasteiger charge is 2.38. The van der Waals surface area contributed by atoms with Crippen LogP contribution >= 0.6 is 0 Å². The summed E-state index contributed by atoms with van der Waals surface area (Å²) in [6, 6.07) is 9.24. The number of benzene rings is 2. The molecule has 0 bridgehead atoms. The van der Waals surface area contributed by atoms with Crippen LogP contribution in [0, 0.1) is 0 Å². The molecule has 0 atom stereocenters. The molecule has 3 amide bonds. The maximum absolute atomic E-state index is 12.5. The number of hydrogen-bond donors (Lipinski definition) is 1. The molecule has 0 fully saturated rings. The topological polar surface area (TPSA) is 92.8 Å². The van der Waals surface area contributed by atoms with Gasteiger partial charge in [-0.2, -0.15) is 13.2 Å². The van der Waals surface area contributed by atoms with Gasteiger partial charge in [-0.25, -0.2) is 4.79 Å². The van der Waals surface area contributed by atoms with Crippen molar-refractivity contribution in [3.05, 3.63) is 70.8 Å². The molecule has 10 heteroatoms. The summed E-state index contributed by atoms with van der Waals surface area (Å²) in [4.78, 5) is 52.6. The average Bonchev–Trinajstić information content (AvgIpc) is 2.91. The number of rotatable bonds is 4. The minimum Gasteiger partial charge on any atom is -0.341 e. The van der Waals surface area contributed by atoms with E-state index in [4.69, 9.17) is 4.84 Å². The lowest BCUT2D eigenvalue weighted by Crippen LogP contribution is -2.38. The van der Waals surface area contributed by atoms with Crippen LogP contribution in [0.2, 0.25) is 0 Å². The SMILES string of the molecule is O=C(CNC(=O)c1ccc(C(F)(F)F)cc1)ON1C(=O)c2ccccc2C1=O. The van der Waals surface area contributed by atoms with Crippen molar-refractivity contribution < 1.29 is 37.2 Å². The van der Waals surface area contributed by atoms with Crippen molar-refractivity contribution in [2.75, 3.05) is 6.54 Å². The number of hydrogen-bond acceptors (Lipinski definition) is 5. The summed E-state index contributed by atoms with van der Waals surface area (Å²) in [5.41, 5.74) is -0.876. The van der Waals surface area contributed by atoms with Gasteiger partial charge in [0.25, 0.3) is 17.7 Å². The maximum Gasteiger partial charge on any atom is 0.416 e. The molecule has 3 rings (SSSR count). The predicted molar refractivity (Wildman–Crippen MR) is 86.8 cm³/mol. The van der Waals surface area contributed by atoms with E-state index in [-0.39, 0.29) is 21.8 Å². The summed E-state index contributed by atoms with van der Waals surface area (Å²) >= 11 is 0. The summed E-state index contributed by atoms with van der Waals surface area (Å²) < 4.78 is 37.5. The molecule has 1 N–H and O–H groups in total. The van der Waals surface area contributed by atoms with E-state index < -0.39 is 42.0 Å². The van der Waals surface area contributed by atoms with E-state index in [0.717, 1.165) is 24.3 Å². The molecule has 0 spiro atoms. The van der Waals surface area contributed by atoms with Crippen molar-refractivity contribution in [2.45, 2.75) is 6.18 Å². The quantitative estimate of drug-likeness (QED) is 0.806. The lowest BCUT2D eigenvalue weighted by Gasteiger charge is -2.13. The minimum atomic E-state index is -4.54. The van der Waals surface area contributed by atoms with Gasteiger partial charge in [0.05, 0.1) is 16.7 Å². The van der Waals surface area contributed by atoms with Crippen LogP contribution in [0.25, 0.3) is 0 Å². The number of imide groups is 1. The van der Waals surface area contributed by atoms with Crippen molar-refractivity contribution in [1.82, 2.24) is 10.4 Å². The Hall–Kier alpha value is -3.69. The summed E-state index contributed by atoms with van der Waals surface area (Å²) in [5, 5.41) is 2.43. The van der Waals surface area contributed by atoms with E-state index in [1.54, 1.807) is 12.1 Å². The molecule has 0 unspecified atom stereocenters. The van der Waals surface area contributed by atoms with Crippen molar-refractivity contribution in [2.24, 2.45) is 0 Å². The monoisotopic (exact) mass is 392 g/mol. The van der Waals surface area contributed by atoms with Crippen LogP contribution < -0.4 is 5.32 Å². The van der Waals surface area contributed by atoms with Gasteiger partial charge in [-0.05, 0) is 36.4 Å². The van der Waals surface area contributed by atoms with Gasteiger partial charge in [0.1, 0.15) is 6.54 Å². The number of hydroxylamine groups is 2. The molecule has 2 aromatic rings. The van der Waals surface area contributed by atoms with Gasteiger partial charge in [-0.15, -0.1) is 0 Å². The highest BCUT2D eigenvalue weighted by atomic mass is 19.4. The molecular formula is C18H11F3N2O5. The zero-order valence-corrected chi connectivity index (χ0v) is 13.9. The number of alkyl halides is 3. The fourth-order valence-corrected chi connectivity index (χ4v) is 2.45. The zero-order chi connectivity index (χ0) is 20.5. The Morgan fingerprint density at radius 1 is 0.929 bits per heavy atom. The first-order valence-electron chi connectivity index (χ1n) is 7.82. The number of fused-ring (bicyclic) bond motifs is 1. The third-order valence-electron chi connectivity index (χ3n) is 3.82. The molecular weight excluding hydrogens is 381 g/mol. The van der Waals surface area contributed by atoms with Crippen LogP contribution in [0.3, 0.4) is 0 Å². The molecule has 0 saturated heterocycles. The van der Waals surface area contributed by atoms with Crippen LogP contribution in [-0.2, 0) is 15.8 Å². The van der Waals surface area contributed by atoms with Crippen LogP contribution in [-0.4, -0.2) is 35.3 Å². The molecule has 0 aromatic heterocycles. The fourth-order valence-electron chi connectivity index (χ4n) is 2.45. The number of halogens is 3. The van der Waals surface area contributed by atoms with Crippen molar-refractivity contribution in [1.29, 1.82) is 0 Å². The molecule has 1 aliphatic heterocycles. The lowest BCUT2D eigenvalue weighted by atomic mass is 10.1. The Labute approximate surface area is 155 Å². The number of nitrogens with one attached hydrogen (secondary N) is 1. The van der Waals surface area contributed by atoms with E-state index in [0.29, 0.717) is 0 Å². The zero-order valence-electron chi connectivity index (χ0n) is 13.9. The first-order chi connectivity index (χ1) is 13.2. The second-order valence-corrected chi connectivity index (χ2v) is 5.67. The molecule has 0 radical (unpaired) electrons. The molecule has 1 aliphatic rings. The van der Waals surface area contributed by atoms with Crippen molar-refractivity contribution >= 4 is 23.7 Å². The van der Waals surface area contributed by atoms with Crippen LogP contribution in [0.1, 0.15) is 36.6 Å². The van der Waals surface area contributed by atoms with Crippen LogP contribution in [0.15, 0.2) is 48.5 Å². The molecule has 7 nitrogen and oxygen atoms in total. The number of nitrogens with zero attached hydrogens (tertiary/aromatic N) is 1. The summed E-state index contributed by atoms with van der Waals surface area (Å²) in [7, 11) is 0. The fraction of sp³-hybridized carbons (Fsp3) is 0.111. The van der Waals surface area contributed by atoms with Gasteiger partial charge in [0.2, 0.25) is 0 Å². The van der Waals surface area contributed by atoms with Crippen molar-refractivity contribution in [3.63, 3.8) is 0 Å². The summed E-state index contributed by atoms with van der Waals surface area (Å²) in [6.07, 6.45) is -4.54. The highest BCUT2D eigenvalue weighted by Crippen LogP contribution is 2.29. The Kier molecular flexibility index (Phi) is 4.87. The second kappa shape index (κ2) is 7.14. The standard InChI is InChI=1S/C18H11F3N2O5/c19-18(20,21)11-7-5-10(6-8-11)15(25)22-9-14(24)28-23-16(26)12-3-1-2-4-13(12)17(23)27/h1-8H,9H2,(H,22,25). The Balaban J connectivity index is 1.57. The average molecular weight is 392 g/mol. The van der Waals surface area contributed by atoms with Gasteiger partial charge < -0.3 is 10.2 Å². The molecule has 0 aliphatic carbocycles. The van der Waals surface area contributed by atoms with E-state index in [1.807, 2.05) is 0 Å². The molecule has 0 saturated carbocycles. The molecule has 28 heavy (non-hydrogen) atoms. The Morgan fingerprint density at radius 2 is 1.46 bits per heavy atom. The molecule has 144 valence electrons. The van der Waals surface area contributed by atoms with Gasteiger partial charge in [-0.3, -0.25) is 14.4 Å². The highest BCUT2D eigenvalue weighted by molar-refractivity contribution is 6.20. The van der Waals surface area contributed by atoms with E-state index >= 15 is 0 Å². The largest absolute Gasteiger partial charge is 0.416 e. The smallest absolute Gasteiger partial charge is 0.341 e. The minimum absolute atomic E-state index is 0.0779. The second-order valence-electron chi connectivity index (χ2n) is 5.67. The number of amides is 3. The lowest BCUT2D eigenvalue weighted by molar-refractivity contribution is -0.167. The third-order valence-corrected chi connectivity index (χ3v) is 3.82. The predicted octanol–water partition coefficient (Wildman–Crippen LogP) is 2.19.